The summed E-state index contributed by atoms with van der Waals surface area (Å²) < 4.78 is 1.73. The second-order valence-corrected chi connectivity index (χ2v) is 5.02. The fourth-order valence-corrected chi connectivity index (χ4v) is 1.79. The number of aryl methyl sites for hydroxylation is 1. The molecule has 1 aromatic rings. The first-order chi connectivity index (χ1) is 8.40. The van der Waals surface area contributed by atoms with E-state index >= 15 is 0 Å². The SMILES string of the molecule is CCCNC(C)(CCn1ncc(Cl)c1C)C(=O)O. The molecule has 0 amide bonds. The minimum absolute atomic E-state index is 0.460. The quantitative estimate of drug-likeness (QED) is 0.798. The molecule has 0 saturated heterocycles. The lowest BCUT2D eigenvalue weighted by Crippen LogP contribution is -2.50. The van der Waals surface area contributed by atoms with Crippen LogP contribution in [0.5, 0.6) is 0 Å². The van der Waals surface area contributed by atoms with Gasteiger partial charge in [0.25, 0.3) is 0 Å². The van der Waals surface area contributed by atoms with Crippen LogP contribution in [0.3, 0.4) is 0 Å². The average Bonchev–Trinajstić information content (AvgIpc) is 2.65. The maximum absolute atomic E-state index is 11.3. The topological polar surface area (TPSA) is 67.2 Å². The fourth-order valence-electron chi connectivity index (χ4n) is 1.65. The molecule has 2 N–H and O–H groups in total. The van der Waals surface area contributed by atoms with Crippen LogP contribution in [0.2, 0.25) is 5.02 Å². The van der Waals surface area contributed by atoms with E-state index in [-0.39, 0.29) is 0 Å². The fraction of sp³-hybridized carbons (Fsp3) is 0.667. The van der Waals surface area contributed by atoms with E-state index in [2.05, 4.69) is 10.4 Å². The number of aliphatic carboxylic acids is 1. The predicted molar refractivity (Wildman–Crippen MR) is 70.9 cm³/mol. The highest BCUT2D eigenvalue weighted by Gasteiger charge is 2.32. The van der Waals surface area contributed by atoms with Crippen molar-refractivity contribution >= 4 is 17.6 Å². The van der Waals surface area contributed by atoms with Crippen LogP contribution in [0, 0.1) is 6.92 Å². The summed E-state index contributed by atoms with van der Waals surface area (Å²) in [4.78, 5) is 11.3. The van der Waals surface area contributed by atoms with E-state index in [1.807, 2.05) is 13.8 Å². The van der Waals surface area contributed by atoms with Crippen LogP contribution in [0.25, 0.3) is 0 Å². The second-order valence-electron chi connectivity index (χ2n) is 4.62. The average molecular weight is 274 g/mol. The predicted octanol–water partition coefficient (Wildman–Crippen LogP) is 2.08. The maximum atomic E-state index is 11.3. The molecule has 1 heterocycles. The monoisotopic (exact) mass is 273 g/mol. The molecule has 0 fully saturated rings. The van der Waals surface area contributed by atoms with Crippen LogP contribution in [0.1, 0.15) is 32.4 Å². The lowest BCUT2D eigenvalue weighted by Gasteiger charge is -2.26. The van der Waals surface area contributed by atoms with Gasteiger partial charge in [0.15, 0.2) is 0 Å². The summed E-state index contributed by atoms with van der Waals surface area (Å²) in [7, 11) is 0. The largest absolute Gasteiger partial charge is 0.480 e. The Kier molecular flexibility index (Phi) is 5.16. The Balaban J connectivity index is 2.68. The highest BCUT2D eigenvalue weighted by molar-refractivity contribution is 6.31. The molecule has 6 heteroatoms. The van der Waals surface area contributed by atoms with E-state index in [0.717, 1.165) is 12.1 Å². The summed E-state index contributed by atoms with van der Waals surface area (Å²) in [6.07, 6.45) is 2.94. The Labute approximate surface area is 112 Å². The molecule has 5 nitrogen and oxygen atoms in total. The molecule has 1 aromatic heterocycles. The molecule has 0 aliphatic rings. The molecule has 0 bridgehead atoms. The normalized spacial score (nSPS) is 14.4. The number of rotatable bonds is 7. The minimum Gasteiger partial charge on any atom is -0.480 e. The number of carboxylic acids is 1. The highest BCUT2D eigenvalue weighted by Crippen LogP contribution is 2.17. The van der Waals surface area contributed by atoms with E-state index in [1.165, 1.54) is 0 Å². The maximum Gasteiger partial charge on any atom is 0.323 e. The summed E-state index contributed by atoms with van der Waals surface area (Å²) in [5.74, 6) is -0.841. The Hall–Kier alpha value is -1.07. The summed E-state index contributed by atoms with van der Waals surface area (Å²) in [5.41, 5.74) is -0.0687. The van der Waals surface area contributed by atoms with E-state index in [9.17, 15) is 9.90 Å². The van der Waals surface area contributed by atoms with Gasteiger partial charge in [-0.1, -0.05) is 18.5 Å². The van der Waals surface area contributed by atoms with Gasteiger partial charge in [-0.15, -0.1) is 0 Å². The number of nitrogens with zero attached hydrogens (tertiary/aromatic N) is 2. The van der Waals surface area contributed by atoms with Gasteiger partial charge in [-0.05, 0) is 33.2 Å². The van der Waals surface area contributed by atoms with Crippen molar-refractivity contribution in [1.29, 1.82) is 0 Å². The van der Waals surface area contributed by atoms with Crippen LogP contribution in [0.4, 0.5) is 0 Å². The molecule has 0 spiro atoms. The van der Waals surface area contributed by atoms with Crippen molar-refractivity contribution in [3.05, 3.63) is 16.9 Å². The highest BCUT2D eigenvalue weighted by atomic mass is 35.5. The third-order valence-corrected chi connectivity index (χ3v) is 3.48. The molecule has 0 aliphatic heterocycles. The molecule has 0 aromatic carbocycles. The first-order valence-electron chi connectivity index (χ1n) is 6.07. The molecule has 18 heavy (non-hydrogen) atoms. The van der Waals surface area contributed by atoms with Crippen molar-refractivity contribution in [2.45, 2.75) is 45.7 Å². The molecule has 102 valence electrons. The van der Waals surface area contributed by atoms with Gasteiger partial charge in [0.2, 0.25) is 0 Å². The molecular weight excluding hydrogens is 254 g/mol. The van der Waals surface area contributed by atoms with Gasteiger partial charge in [0, 0.05) is 6.54 Å². The summed E-state index contributed by atoms with van der Waals surface area (Å²) in [6, 6.07) is 0. The van der Waals surface area contributed by atoms with E-state index in [0.29, 0.717) is 24.5 Å². The molecular formula is C12H20ClN3O2. The summed E-state index contributed by atoms with van der Waals surface area (Å²) >= 11 is 5.91. The lowest BCUT2D eigenvalue weighted by atomic mass is 9.98. The van der Waals surface area contributed by atoms with Gasteiger partial charge in [-0.3, -0.25) is 9.48 Å². The van der Waals surface area contributed by atoms with Gasteiger partial charge in [0.05, 0.1) is 16.9 Å². The van der Waals surface area contributed by atoms with Crippen molar-refractivity contribution in [2.24, 2.45) is 0 Å². The van der Waals surface area contributed by atoms with E-state index in [1.54, 1.807) is 17.8 Å². The van der Waals surface area contributed by atoms with Crippen molar-refractivity contribution < 1.29 is 9.90 Å². The third-order valence-electron chi connectivity index (χ3n) is 3.10. The van der Waals surface area contributed by atoms with Crippen LogP contribution in [0.15, 0.2) is 6.20 Å². The van der Waals surface area contributed by atoms with E-state index in [4.69, 9.17) is 11.6 Å². The Morgan fingerprint density at radius 3 is 2.78 bits per heavy atom. The van der Waals surface area contributed by atoms with Crippen LogP contribution < -0.4 is 5.32 Å². The number of aromatic nitrogens is 2. The first-order valence-corrected chi connectivity index (χ1v) is 6.45. The molecule has 1 rings (SSSR count). The van der Waals surface area contributed by atoms with Crippen molar-refractivity contribution in [1.82, 2.24) is 15.1 Å². The number of carbonyl (C=O) groups is 1. The standard InChI is InChI=1S/C12H20ClN3O2/c1-4-6-14-12(3,11(17)18)5-7-16-9(2)10(13)8-15-16/h8,14H,4-7H2,1-3H3,(H,17,18). The number of hydrogen-bond donors (Lipinski definition) is 2. The molecule has 0 saturated carbocycles. The summed E-state index contributed by atoms with van der Waals surface area (Å²) in [5, 5.41) is 17.1. The summed E-state index contributed by atoms with van der Waals surface area (Å²) in [6.45, 7) is 6.78. The van der Waals surface area contributed by atoms with Crippen LogP contribution in [-0.2, 0) is 11.3 Å². The zero-order chi connectivity index (χ0) is 13.8. The van der Waals surface area contributed by atoms with Crippen LogP contribution in [-0.4, -0.2) is 32.9 Å². The molecule has 0 aliphatic carbocycles. The number of carboxylic acid groups (broad SMARTS) is 1. The number of nitrogens with one attached hydrogen (secondary N) is 1. The Morgan fingerprint density at radius 2 is 2.33 bits per heavy atom. The van der Waals surface area contributed by atoms with Crippen molar-refractivity contribution in [3.63, 3.8) is 0 Å². The Bertz CT molecular complexity index is 419. The van der Waals surface area contributed by atoms with Gasteiger partial charge >= 0.3 is 5.97 Å². The molecule has 1 atom stereocenters. The number of hydrogen-bond acceptors (Lipinski definition) is 3. The third kappa shape index (κ3) is 3.46. The van der Waals surface area contributed by atoms with Crippen LogP contribution >= 0.6 is 11.6 Å². The van der Waals surface area contributed by atoms with Gasteiger partial charge in [0.1, 0.15) is 5.54 Å². The van der Waals surface area contributed by atoms with Crippen molar-refractivity contribution in [3.8, 4) is 0 Å². The first kappa shape index (κ1) is 15.0. The smallest absolute Gasteiger partial charge is 0.323 e. The second kappa shape index (κ2) is 6.20. The molecule has 1 unspecified atom stereocenters. The van der Waals surface area contributed by atoms with Crippen molar-refractivity contribution in [2.75, 3.05) is 6.54 Å². The van der Waals surface area contributed by atoms with E-state index < -0.39 is 11.5 Å². The number of halogens is 1. The van der Waals surface area contributed by atoms with Gasteiger partial charge in [-0.2, -0.15) is 5.10 Å². The lowest BCUT2D eigenvalue weighted by molar-refractivity contribution is -0.144. The van der Waals surface area contributed by atoms with Gasteiger partial charge < -0.3 is 10.4 Å². The zero-order valence-corrected chi connectivity index (χ0v) is 11.8. The minimum atomic E-state index is -0.930. The van der Waals surface area contributed by atoms with Gasteiger partial charge in [-0.25, -0.2) is 0 Å². The zero-order valence-electron chi connectivity index (χ0n) is 11.0. The molecule has 0 radical (unpaired) electrons. The Morgan fingerprint density at radius 1 is 1.67 bits per heavy atom.